The minimum Gasteiger partial charge on any atom is -0.493 e. The van der Waals surface area contributed by atoms with Gasteiger partial charge in [-0.2, -0.15) is 0 Å². The predicted octanol–water partition coefficient (Wildman–Crippen LogP) is 0.720. The molecule has 0 aliphatic carbocycles. The molecule has 0 fully saturated rings. The first-order valence-electron chi connectivity index (χ1n) is 5.47. The molecule has 0 aromatic heterocycles. The summed E-state index contributed by atoms with van der Waals surface area (Å²) in [5.74, 6) is -1.38. The number of nitrogens with one attached hydrogen (secondary N) is 1. The molecule has 1 aromatic rings. The average molecular weight is 251 g/mol. The van der Waals surface area contributed by atoms with Crippen molar-refractivity contribution in [3.63, 3.8) is 0 Å². The smallest absolute Gasteiger partial charge is 0.394 e. The average Bonchev–Trinajstić information content (AvgIpc) is 2.38. The van der Waals surface area contributed by atoms with E-state index >= 15 is 0 Å². The topological polar surface area (TPSA) is 84.9 Å². The fraction of sp³-hybridized carbons (Fsp3) is 0.333. The van der Waals surface area contributed by atoms with Crippen LogP contribution in [0.1, 0.15) is 18.0 Å². The van der Waals surface area contributed by atoms with E-state index in [1.807, 2.05) is 0 Å². The third-order valence-corrected chi connectivity index (χ3v) is 2.76. The maximum absolute atomic E-state index is 11.2. The van der Waals surface area contributed by atoms with E-state index in [1.165, 1.54) is 7.11 Å². The molecule has 1 aliphatic rings. The van der Waals surface area contributed by atoms with Crippen molar-refractivity contribution >= 4 is 11.9 Å². The summed E-state index contributed by atoms with van der Waals surface area (Å²) in [5.41, 5.74) is 0.732. The molecule has 1 heterocycles. The Kier molecular flexibility index (Phi) is 3.36. The SMILES string of the molecule is COc1cccc2c1OCCC2NC(=O)C(=O)O. The number of amides is 1. The number of carbonyl (C=O) groups is 2. The zero-order chi connectivity index (χ0) is 13.1. The third-order valence-electron chi connectivity index (χ3n) is 2.76. The molecule has 1 amide bonds. The van der Waals surface area contributed by atoms with Crippen LogP contribution in [0.4, 0.5) is 0 Å². The molecular weight excluding hydrogens is 238 g/mol. The van der Waals surface area contributed by atoms with Crippen molar-refractivity contribution in [3.8, 4) is 11.5 Å². The van der Waals surface area contributed by atoms with Gasteiger partial charge in [0.2, 0.25) is 0 Å². The van der Waals surface area contributed by atoms with Gasteiger partial charge >= 0.3 is 11.9 Å². The first kappa shape index (κ1) is 12.2. The molecular formula is C12H13NO5. The lowest BCUT2D eigenvalue weighted by Crippen LogP contribution is -2.36. The highest BCUT2D eigenvalue weighted by Crippen LogP contribution is 2.39. The summed E-state index contributed by atoms with van der Waals surface area (Å²) < 4.78 is 10.7. The summed E-state index contributed by atoms with van der Waals surface area (Å²) in [6, 6.07) is 4.93. The molecule has 1 atom stereocenters. The lowest BCUT2D eigenvalue weighted by molar-refractivity contribution is -0.150. The van der Waals surface area contributed by atoms with Crippen LogP contribution < -0.4 is 14.8 Å². The maximum Gasteiger partial charge on any atom is 0.394 e. The van der Waals surface area contributed by atoms with E-state index in [4.69, 9.17) is 14.6 Å². The van der Waals surface area contributed by atoms with Gasteiger partial charge in [-0.05, 0) is 6.07 Å². The Morgan fingerprint density at radius 2 is 2.28 bits per heavy atom. The van der Waals surface area contributed by atoms with Crippen LogP contribution in [0.3, 0.4) is 0 Å². The predicted molar refractivity (Wildman–Crippen MR) is 61.6 cm³/mol. The van der Waals surface area contributed by atoms with Crippen molar-refractivity contribution in [1.29, 1.82) is 0 Å². The van der Waals surface area contributed by atoms with Gasteiger partial charge in [0.1, 0.15) is 0 Å². The Bertz CT molecular complexity index is 485. The van der Waals surface area contributed by atoms with Crippen molar-refractivity contribution in [2.24, 2.45) is 0 Å². The van der Waals surface area contributed by atoms with Crippen molar-refractivity contribution in [2.75, 3.05) is 13.7 Å². The van der Waals surface area contributed by atoms with E-state index in [1.54, 1.807) is 18.2 Å². The highest BCUT2D eigenvalue weighted by molar-refractivity contribution is 6.31. The van der Waals surface area contributed by atoms with E-state index in [2.05, 4.69) is 5.32 Å². The first-order chi connectivity index (χ1) is 8.63. The summed E-state index contributed by atoms with van der Waals surface area (Å²) in [6.45, 7) is 0.401. The molecule has 0 saturated carbocycles. The largest absolute Gasteiger partial charge is 0.493 e. The molecule has 0 spiro atoms. The molecule has 2 rings (SSSR count). The summed E-state index contributed by atoms with van der Waals surface area (Å²) in [4.78, 5) is 21.7. The van der Waals surface area contributed by atoms with Gasteiger partial charge in [0.05, 0.1) is 19.8 Å². The number of aliphatic carboxylic acids is 1. The number of carboxylic acid groups (broad SMARTS) is 1. The Hall–Kier alpha value is -2.24. The number of carbonyl (C=O) groups excluding carboxylic acids is 1. The highest BCUT2D eigenvalue weighted by atomic mass is 16.5. The quantitative estimate of drug-likeness (QED) is 0.756. The highest BCUT2D eigenvalue weighted by Gasteiger charge is 2.27. The lowest BCUT2D eigenvalue weighted by atomic mass is 10.00. The van der Waals surface area contributed by atoms with E-state index in [0.29, 0.717) is 24.5 Å². The summed E-state index contributed by atoms with van der Waals surface area (Å²) in [7, 11) is 1.53. The third kappa shape index (κ3) is 2.22. The number of rotatable bonds is 2. The van der Waals surface area contributed by atoms with E-state index < -0.39 is 11.9 Å². The zero-order valence-electron chi connectivity index (χ0n) is 9.80. The standard InChI is InChI=1S/C12H13NO5/c1-17-9-4-2-3-7-8(5-6-18-10(7)9)13-11(14)12(15)16/h2-4,8H,5-6H2,1H3,(H,13,14)(H,15,16). The monoisotopic (exact) mass is 251 g/mol. The van der Waals surface area contributed by atoms with Crippen LogP contribution in [0, 0.1) is 0 Å². The molecule has 0 bridgehead atoms. The van der Waals surface area contributed by atoms with Crippen LogP contribution in [0.5, 0.6) is 11.5 Å². The number of benzene rings is 1. The second kappa shape index (κ2) is 4.95. The Labute approximate surface area is 104 Å². The fourth-order valence-corrected chi connectivity index (χ4v) is 1.93. The van der Waals surface area contributed by atoms with E-state index in [9.17, 15) is 9.59 Å². The van der Waals surface area contributed by atoms with Gasteiger partial charge in [-0.25, -0.2) is 4.79 Å². The molecule has 96 valence electrons. The molecule has 1 unspecified atom stereocenters. The number of fused-ring (bicyclic) bond motifs is 1. The lowest BCUT2D eigenvalue weighted by Gasteiger charge is -2.27. The van der Waals surface area contributed by atoms with Crippen molar-refractivity contribution in [1.82, 2.24) is 5.32 Å². The Morgan fingerprint density at radius 1 is 1.50 bits per heavy atom. The van der Waals surface area contributed by atoms with Crippen LogP contribution in [0.15, 0.2) is 18.2 Å². The van der Waals surface area contributed by atoms with Gasteiger partial charge in [0, 0.05) is 12.0 Å². The molecule has 0 radical (unpaired) electrons. The van der Waals surface area contributed by atoms with Crippen molar-refractivity contribution < 1.29 is 24.2 Å². The number of ether oxygens (including phenoxy) is 2. The second-order valence-corrected chi connectivity index (χ2v) is 3.85. The Balaban J connectivity index is 2.28. The maximum atomic E-state index is 11.2. The first-order valence-corrected chi connectivity index (χ1v) is 5.47. The number of carboxylic acids is 1. The summed E-state index contributed by atoms with van der Waals surface area (Å²) in [5, 5.41) is 11.0. The van der Waals surface area contributed by atoms with Gasteiger partial charge in [0.25, 0.3) is 0 Å². The molecule has 6 heteroatoms. The van der Waals surface area contributed by atoms with Crippen LogP contribution in [-0.2, 0) is 9.59 Å². The number of hydrogen-bond donors (Lipinski definition) is 2. The molecule has 6 nitrogen and oxygen atoms in total. The van der Waals surface area contributed by atoms with Crippen molar-refractivity contribution in [3.05, 3.63) is 23.8 Å². The molecule has 18 heavy (non-hydrogen) atoms. The number of methoxy groups -OCH3 is 1. The van der Waals surface area contributed by atoms with Gasteiger partial charge in [-0.1, -0.05) is 12.1 Å². The van der Waals surface area contributed by atoms with Gasteiger partial charge in [-0.15, -0.1) is 0 Å². The molecule has 0 saturated heterocycles. The summed E-state index contributed by atoms with van der Waals surface area (Å²) >= 11 is 0. The second-order valence-electron chi connectivity index (χ2n) is 3.85. The van der Waals surface area contributed by atoms with Crippen LogP contribution in [0.25, 0.3) is 0 Å². The minimum atomic E-state index is -1.49. The number of hydrogen-bond acceptors (Lipinski definition) is 4. The van der Waals surface area contributed by atoms with Gasteiger partial charge in [-0.3, -0.25) is 4.79 Å². The fourth-order valence-electron chi connectivity index (χ4n) is 1.93. The van der Waals surface area contributed by atoms with E-state index in [0.717, 1.165) is 5.56 Å². The number of para-hydroxylation sites is 1. The molecule has 1 aliphatic heterocycles. The van der Waals surface area contributed by atoms with Crippen molar-refractivity contribution in [2.45, 2.75) is 12.5 Å². The van der Waals surface area contributed by atoms with Crippen LogP contribution in [-0.4, -0.2) is 30.7 Å². The normalized spacial score (nSPS) is 17.3. The minimum absolute atomic E-state index is 0.368. The molecule has 1 aromatic carbocycles. The Morgan fingerprint density at radius 3 is 2.94 bits per heavy atom. The molecule has 2 N–H and O–H groups in total. The van der Waals surface area contributed by atoms with Crippen LogP contribution >= 0.6 is 0 Å². The zero-order valence-corrected chi connectivity index (χ0v) is 9.80. The van der Waals surface area contributed by atoms with Gasteiger partial charge < -0.3 is 19.9 Å². The summed E-state index contributed by atoms with van der Waals surface area (Å²) in [6.07, 6.45) is 0.527. The van der Waals surface area contributed by atoms with Gasteiger partial charge in [0.15, 0.2) is 11.5 Å². The van der Waals surface area contributed by atoms with E-state index in [-0.39, 0.29) is 6.04 Å². The van der Waals surface area contributed by atoms with Crippen LogP contribution in [0.2, 0.25) is 0 Å².